The zero-order chi connectivity index (χ0) is 20.5. The molecule has 1 amide bonds. The molecule has 2 aromatic carbocycles. The number of carbonyl (C=O) groups excluding carboxylic acids is 1. The van der Waals surface area contributed by atoms with Gasteiger partial charge < -0.3 is 25.2 Å². The van der Waals surface area contributed by atoms with Crippen molar-refractivity contribution in [1.82, 2.24) is 10.2 Å². The van der Waals surface area contributed by atoms with Crippen molar-refractivity contribution in [3.63, 3.8) is 0 Å². The number of benzene rings is 2. The van der Waals surface area contributed by atoms with E-state index in [1.807, 2.05) is 49.4 Å². The van der Waals surface area contributed by atoms with Gasteiger partial charge in [-0.1, -0.05) is 18.2 Å². The topological polar surface area (TPSA) is 69.2 Å². The molecule has 2 N–H and O–H groups in total. The Balaban J connectivity index is 0.00000320. The highest BCUT2D eigenvalue weighted by Gasteiger charge is 2.20. The number of halogens is 1. The molecule has 0 radical (unpaired) electrons. The summed E-state index contributed by atoms with van der Waals surface area (Å²) in [5.74, 6) is 1.52. The van der Waals surface area contributed by atoms with Crippen LogP contribution in [0, 0.1) is 0 Å². The maximum absolute atomic E-state index is 12.2. The maximum atomic E-state index is 12.2. The molecule has 1 aliphatic rings. The summed E-state index contributed by atoms with van der Waals surface area (Å²) in [7, 11) is 1.68. The quantitative estimate of drug-likeness (QED) is 0.346. The summed E-state index contributed by atoms with van der Waals surface area (Å²) < 4.78 is 5.23. The summed E-state index contributed by atoms with van der Waals surface area (Å²) in [5, 5.41) is 6.17. The summed E-state index contributed by atoms with van der Waals surface area (Å²) >= 11 is 0. The molecular formula is C22H30IN5O2. The van der Waals surface area contributed by atoms with Gasteiger partial charge in [-0.3, -0.25) is 4.79 Å². The van der Waals surface area contributed by atoms with Crippen LogP contribution in [-0.4, -0.2) is 63.1 Å². The van der Waals surface area contributed by atoms with Crippen molar-refractivity contribution in [3.05, 3.63) is 54.6 Å². The monoisotopic (exact) mass is 523 g/mol. The van der Waals surface area contributed by atoms with Crippen LogP contribution in [0.1, 0.15) is 6.92 Å². The molecule has 0 atom stereocenters. The minimum absolute atomic E-state index is 0. The second-order valence-corrected chi connectivity index (χ2v) is 6.76. The van der Waals surface area contributed by atoms with E-state index in [1.165, 1.54) is 5.69 Å². The van der Waals surface area contributed by atoms with Crippen LogP contribution in [-0.2, 0) is 4.79 Å². The molecule has 1 aliphatic heterocycles. The first-order valence-electron chi connectivity index (χ1n) is 9.96. The largest absolute Gasteiger partial charge is 0.497 e. The summed E-state index contributed by atoms with van der Waals surface area (Å²) in [6.07, 6.45) is 0. The molecule has 0 spiro atoms. The van der Waals surface area contributed by atoms with Crippen LogP contribution in [0.25, 0.3) is 0 Å². The molecule has 0 bridgehead atoms. The summed E-state index contributed by atoms with van der Waals surface area (Å²) in [6, 6.07) is 17.6. The highest BCUT2D eigenvalue weighted by molar-refractivity contribution is 14.0. The number of piperazine rings is 1. The SMILES string of the molecule is CCNC(=NCC(=O)Nc1ccccc1)N1CCN(c2ccc(OC)cc2)CC1.I. The van der Waals surface area contributed by atoms with Crippen LogP contribution in [0.3, 0.4) is 0 Å². The van der Waals surface area contributed by atoms with Crippen LogP contribution in [0.5, 0.6) is 5.75 Å². The van der Waals surface area contributed by atoms with E-state index < -0.39 is 0 Å². The number of hydrogen-bond acceptors (Lipinski definition) is 4. The number of nitrogens with one attached hydrogen (secondary N) is 2. The van der Waals surface area contributed by atoms with Crippen LogP contribution in [0.2, 0.25) is 0 Å². The number of amides is 1. The van der Waals surface area contributed by atoms with E-state index in [2.05, 4.69) is 37.6 Å². The number of guanidine groups is 1. The first-order valence-corrected chi connectivity index (χ1v) is 9.96. The van der Waals surface area contributed by atoms with Gasteiger partial charge in [-0.15, -0.1) is 24.0 Å². The van der Waals surface area contributed by atoms with E-state index in [9.17, 15) is 4.79 Å². The second-order valence-electron chi connectivity index (χ2n) is 6.76. The third-order valence-corrected chi connectivity index (χ3v) is 4.78. The molecule has 162 valence electrons. The Morgan fingerprint density at radius 3 is 2.30 bits per heavy atom. The average Bonchev–Trinajstić information content (AvgIpc) is 2.77. The molecule has 30 heavy (non-hydrogen) atoms. The Hall–Kier alpha value is -2.49. The van der Waals surface area contributed by atoms with Gasteiger partial charge >= 0.3 is 0 Å². The van der Waals surface area contributed by atoms with E-state index in [0.29, 0.717) is 0 Å². The van der Waals surface area contributed by atoms with Crippen LogP contribution in [0.4, 0.5) is 11.4 Å². The molecule has 2 aromatic rings. The lowest BCUT2D eigenvalue weighted by molar-refractivity contribution is -0.114. The maximum Gasteiger partial charge on any atom is 0.246 e. The number of methoxy groups -OCH3 is 1. The van der Waals surface area contributed by atoms with Gasteiger partial charge in [0.2, 0.25) is 5.91 Å². The third-order valence-electron chi connectivity index (χ3n) is 4.78. The zero-order valence-corrected chi connectivity index (χ0v) is 19.8. The number of hydrogen-bond donors (Lipinski definition) is 2. The molecule has 0 saturated carbocycles. The lowest BCUT2D eigenvalue weighted by Gasteiger charge is -2.37. The molecule has 0 unspecified atom stereocenters. The number of anilines is 2. The fourth-order valence-corrected chi connectivity index (χ4v) is 3.26. The minimum Gasteiger partial charge on any atom is -0.497 e. The number of para-hydroxylation sites is 1. The number of aliphatic imine (C=N–C) groups is 1. The molecule has 7 nitrogen and oxygen atoms in total. The molecule has 1 saturated heterocycles. The molecule has 1 heterocycles. The van der Waals surface area contributed by atoms with Gasteiger partial charge in [0.25, 0.3) is 0 Å². The number of ether oxygens (including phenoxy) is 1. The molecule has 1 fully saturated rings. The lowest BCUT2D eigenvalue weighted by Crippen LogP contribution is -2.52. The van der Waals surface area contributed by atoms with Crippen molar-refractivity contribution < 1.29 is 9.53 Å². The molecule has 3 rings (SSSR count). The van der Waals surface area contributed by atoms with Gasteiger partial charge in [0, 0.05) is 44.1 Å². The van der Waals surface area contributed by atoms with E-state index >= 15 is 0 Å². The Morgan fingerprint density at radius 2 is 1.70 bits per heavy atom. The Labute approximate surface area is 195 Å². The van der Waals surface area contributed by atoms with Gasteiger partial charge in [0.05, 0.1) is 7.11 Å². The van der Waals surface area contributed by atoms with Gasteiger partial charge in [-0.05, 0) is 43.3 Å². The second kappa shape index (κ2) is 12.3. The van der Waals surface area contributed by atoms with Crippen molar-refractivity contribution in [3.8, 4) is 5.75 Å². The fourth-order valence-electron chi connectivity index (χ4n) is 3.26. The van der Waals surface area contributed by atoms with Crippen molar-refractivity contribution in [2.75, 3.05) is 56.6 Å². The lowest BCUT2D eigenvalue weighted by atomic mass is 10.2. The van der Waals surface area contributed by atoms with Gasteiger partial charge in [-0.2, -0.15) is 0 Å². The first-order chi connectivity index (χ1) is 14.2. The highest BCUT2D eigenvalue weighted by atomic mass is 127. The normalized spacial score (nSPS) is 14.0. The molecule has 0 aliphatic carbocycles. The average molecular weight is 523 g/mol. The van der Waals surface area contributed by atoms with Crippen molar-refractivity contribution >= 4 is 47.2 Å². The smallest absolute Gasteiger partial charge is 0.246 e. The fraction of sp³-hybridized carbons (Fsp3) is 0.364. The van der Waals surface area contributed by atoms with E-state index in [1.54, 1.807) is 7.11 Å². The zero-order valence-electron chi connectivity index (χ0n) is 17.5. The summed E-state index contributed by atoms with van der Waals surface area (Å²) in [4.78, 5) is 21.3. The molecule has 8 heteroatoms. The highest BCUT2D eigenvalue weighted by Crippen LogP contribution is 2.20. The van der Waals surface area contributed by atoms with E-state index in [-0.39, 0.29) is 36.4 Å². The summed E-state index contributed by atoms with van der Waals surface area (Å²) in [6.45, 7) is 6.37. The molecular weight excluding hydrogens is 493 g/mol. The van der Waals surface area contributed by atoms with Crippen molar-refractivity contribution in [2.24, 2.45) is 4.99 Å². The Morgan fingerprint density at radius 1 is 1.03 bits per heavy atom. The van der Waals surface area contributed by atoms with E-state index in [4.69, 9.17) is 4.74 Å². The third kappa shape index (κ3) is 6.79. The predicted octanol–water partition coefficient (Wildman–Crippen LogP) is 3.04. The standard InChI is InChI=1S/C22H29N5O2.HI/c1-3-23-22(24-17-21(28)25-18-7-5-4-6-8-18)27-15-13-26(14-16-27)19-9-11-20(29-2)12-10-19;/h4-12H,3,13-17H2,1-2H3,(H,23,24)(H,25,28);1H. The Bertz CT molecular complexity index is 806. The first kappa shape index (κ1) is 23.8. The van der Waals surface area contributed by atoms with Gasteiger partial charge in [0.1, 0.15) is 12.3 Å². The van der Waals surface area contributed by atoms with Gasteiger partial charge in [-0.25, -0.2) is 4.99 Å². The molecule has 0 aromatic heterocycles. The van der Waals surface area contributed by atoms with E-state index in [0.717, 1.165) is 50.1 Å². The van der Waals surface area contributed by atoms with Gasteiger partial charge in [0.15, 0.2) is 5.96 Å². The number of carbonyl (C=O) groups is 1. The summed E-state index contributed by atoms with van der Waals surface area (Å²) in [5.41, 5.74) is 1.97. The van der Waals surface area contributed by atoms with Crippen LogP contribution < -0.4 is 20.3 Å². The van der Waals surface area contributed by atoms with Crippen molar-refractivity contribution in [2.45, 2.75) is 6.92 Å². The van der Waals surface area contributed by atoms with Crippen LogP contribution >= 0.6 is 24.0 Å². The predicted molar refractivity (Wildman–Crippen MR) is 133 cm³/mol. The van der Waals surface area contributed by atoms with Crippen LogP contribution in [0.15, 0.2) is 59.6 Å². The number of rotatable bonds is 6. The minimum atomic E-state index is -0.122. The Kier molecular flexibility index (Phi) is 9.72. The van der Waals surface area contributed by atoms with Crippen molar-refractivity contribution in [1.29, 1.82) is 0 Å². The number of nitrogens with zero attached hydrogens (tertiary/aromatic N) is 3.